The number of benzene rings is 1. The second-order valence-electron chi connectivity index (χ2n) is 4.03. The van der Waals surface area contributed by atoms with Gasteiger partial charge in [0.25, 0.3) is 5.91 Å². The molecule has 5 heteroatoms. The Balaban J connectivity index is 2.03. The van der Waals surface area contributed by atoms with Gasteiger partial charge in [-0.25, -0.2) is 0 Å². The fourth-order valence-electron chi connectivity index (χ4n) is 1.68. The van der Waals surface area contributed by atoms with Gasteiger partial charge >= 0.3 is 0 Å². The number of nitrogens with two attached hydrogens (primary N) is 1. The highest BCUT2D eigenvalue weighted by molar-refractivity contribution is 6.34. The summed E-state index contributed by atoms with van der Waals surface area (Å²) in [4.78, 5) is 11.8. The van der Waals surface area contributed by atoms with Crippen LogP contribution in [-0.4, -0.2) is 23.2 Å². The van der Waals surface area contributed by atoms with Gasteiger partial charge in [0.05, 0.1) is 16.7 Å². The van der Waals surface area contributed by atoms with Gasteiger partial charge in [0, 0.05) is 11.7 Å². The average molecular weight is 241 g/mol. The lowest BCUT2D eigenvalue weighted by atomic mass is 9.89. The molecular weight excluding hydrogens is 228 g/mol. The second kappa shape index (κ2) is 4.31. The van der Waals surface area contributed by atoms with Crippen LogP contribution in [0.2, 0.25) is 5.02 Å². The maximum atomic E-state index is 11.8. The van der Waals surface area contributed by atoms with Crippen LogP contribution in [0.15, 0.2) is 18.2 Å². The number of nitrogen functional groups attached to an aromatic ring is 1. The summed E-state index contributed by atoms with van der Waals surface area (Å²) in [6.07, 6.45) is 0.934. The molecular formula is C11H13ClN2O2. The zero-order valence-corrected chi connectivity index (χ0v) is 9.37. The number of hydrogen-bond acceptors (Lipinski definition) is 3. The monoisotopic (exact) mass is 240 g/mol. The third-order valence-electron chi connectivity index (χ3n) is 2.69. The van der Waals surface area contributed by atoms with E-state index >= 15 is 0 Å². The number of halogens is 1. The minimum Gasteiger partial charge on any atom is -0.399 e. The van der Waals surface area contributed by atoms with Crippen molar-refractivity contribution in [1.29, 1.82) is 0 Å². The summed E-state index contributed by atoms with van der Waals surface area (Å²) in [6, 6.07) is 4.83. The van der Waals surface area contributed by atoms with Gasteiger partial charge in [-0.05, 0) is 31.0 Å². The Morgan fingerprint density at radius 2 is 2.19 bits per heavy atom. The van der Waals surface area contributed by atoms with Crippen LogP contribution >= 0.6 is 11.6 Å². The van der Waals surface area contributed by atoms with E-state index in [0.29, 0.717) is 29.1 Å². The van der Waals surface area contributed by atoms with E-state index in [9.17, 15) is 4.79 Å². The van der Waals surface area contributed by atoms with Crippen molar-refractivity contribution in [3.63, 3.8) is 0 Å². The van der Waals surface area contributed by atoms with Crippen LogP contribution in [0.3, 0.4) is 0 Å². The van der Waals surface area contributed by atoms with E-state index < -0.39 is 0 Å². The first-order chi connectivity index (χ1) is 7.56. The predicted octanol–water partition coefficient (Wildman–Crippen LogP) is 1.18. The largest absolute Gasteiger partial charge is 0.399 e. The molecule has 0 aliphatic heterocycles. The van der Waals surface area contributed by atoms with Crippen LogP contribution in [0.1, 0.15) is 23.2 Å². The summed E-state index contributed by atoms with van der Waals surface area (Å²) < 4.78 is 0. The van der Waals surface area contributed by atoms with Crippen molar-refractivity contribution in [2.45, 2.75) is 25.0 Å². The fourth-order valence-corrected chi connectivity index (χ4v) is 1.96. The topological polar surface area (TPSA) is 75.4 Å². The molecule has 0 bridgehead atoms. The predicted molar refractivity (Wildman–Crippen MR) is 62.4 cm³/mol. The highest BCUT2D eigenvalue weighted by atomic mass is 35.5. The molecule has 0 spiro atoms. The number of anilines is 1. The van der Waals surface area contributed by atoms with Crippen molar-refractivity contribution >= 4 is 23.2 Å². The summed E-state index contributed by atoms with van der Waals surface area (Å²) in [6.45, 7) is 0. The molecule has 0 saturated heterocycles. The van der Waals surface area contributed by atoms with Crippen molar-refractivity contribution < 1.29 is 9.90 Å². The van der Waals surface area contributed by atoms with Crippen molar-refractivity contribution in [2.24, 2.45) is 0 Å². The number of rotatable bonds is 2. The van der Waals surface area contributed by atoms with Crippen LogP contribution in [0.5, 0.6) is 0 Å². The van der Waals surface area contributed by atoms with Gasteiger partial charge in [-0.15, -0.1) is 0 Å². The van der Waals surface area contributed by atoms with E-state index in [1.807, 2.05) is 0 Å². The highest BCUT2D eigenvalue weighted by Gasteiger charge is 2.28. The first-order valence-electron chi connectivity index (χ1n) is 5.10. The zero-order valence-electron chi connectivity index (χ0n) is 8.61. The maximum absolute atomic E-state index is 11.8. The first kappa shape index (κ1) is 11.2. The van der Waals surface area contributed by atoms with Gasteiger partial charge in [0.2, 0.25) is 0 Å². The molecule has 0 radical (unpaired) electrons. The first-order valence-corrected chi connectivity index (χ1v) is 5.48. The molecule has 1 aromatic carbocycles. The summed E-state index contributed by atoms with van der Waals surface area (Å²) in [5.74, 6) is -0.220. The molecule has 16 heavy (non-hydrogen) atoms. The molecule has 0 atom stereocenters. The van der Waals surface area contributed by atoms with E-state index in [0.717, 1.165) is 0 Å². The molecule has 1 saturated carbocycles. The molecule has 0 heterocycles. The van der Waals surface area contributed by atoms with Crippen molar-refractivity contribution in [3.8, 4) is 0 Å². The second-order valence-corrected chi connectivity index (χ2v) is 4.44. The van der Waals surface area contributed by atoms with Gasteiger partial charge in [0.1, 0.15) is 0 Å². The smallest absolute Gasteiger partial charge is 0.253 e. The van der Waals surface area contributed by atoms with Gasteiger partial charge < -0.3 is 16.2 Å². The van der Waals surface area contributed by atoms with Crippen molar-refractivity contribution in [2.75, 3.05) is 5.73 Å². The molecule has 4 nitrogen and oxygen atoms in total. The number of aliphatic hydroxyl groups excluding tert-OH is 1. The Morgan fingerprint density at radius 1 is 1.50 bits per heavy atom. The Hall–Kier alpha value is -1.26. The minimum absolute atomic E-state index is 0.0520. The number of hydrogen-bond donors (Lipinski definition) is 3. The van der Waals surface area contributed by atoms with E-state index in [2.05, 4.69) is 5.32 Å². The van der Waals surface area contributed by atoms with Crippen LogP contribution in [0, 0.1) is 0 Å². The molecule has 0 aromatic heterocycles. The molecule has 1 aliphatic rings. The van der Waals surface area contributed by atoms with Crippen LogP contribution in [0.4, 0.5) is 5.69 Å². The molecule has 1 aliphatic carbocycles. The molecule has 1 fully saturated rings. The van der Waals surface area contributed by atoms with E-state index in [1.54, 1.807) is 18.2 Å². The standard InChI is InChI=1S/C11H13ClN2O2/c12-10-3-6(13)1-2-9(10)11(16)14-7-4-8(15)5-7/h1-3,7-8,15H,4-5,13H2,(H,14,16). The summed E-state index contributed by atoms with van der Waals surface area (Å²) in [5, 5.41) is 12.2. The summed E-state index contributed by atoms with van der Waals surface area (Å²) in [5.41, 5.74) is 6.48. The summed E-state index contributed by atoms with van der Waals surface area (Å²) in [7, 11) is 0. The SMILES string of the molecule is Nc1ccc(C(=O)NC2CC(O)C2)c(Cl)c1. The number of carbonyl (C=O) groups excluding carboxylic acids is 1. The van der Waals surface area contributed by atoms with Crippen molar-refractivity contribution in [3.05, 3.63) is 28.8 Å². The van der Waals surface area contributed by atoms with Crippen LogP contribution in [-0.2, 0) is 0 Å². The lowest BCUT2D eigenvalue weighted by Gasteiger charge is -2.32. The number of carbonyl (C=O) groups is 1. The molecule has 0 unspecified atom stereocenters. The quantitative estimate of drug-likeness (QED) is 0.680. The van der Waals surface area contributed by atoms with Crippen LogP contribution in [0.25, 0.3) is 0 Å². The molecule has 1 aromatic rings. The highest BCUT2D eigenvalue weighted by Crippen LogP contribution is 2.22. The van der Waals surface area contributed by atoms with Gasteiger partial charge in [0.15, 0.2) is 0 Å². The Labute approximate surface area is 98.4 Å². The number of nitrogens with one attached hydrogen (secondary N) is 1. The summed E-state index contributed by atoms with van der Waals surface area (Å²) >= 11 is 5.91. The third-order valence-corrected chi connectivity index (χ3v) is 3.00. The van der Waals surface area contributed by atoms with Gasteiger partial charge in [-0.2, -0.15) is 0 Å². The minimum atomic E-state index is -0.285. The lowest BCUT2D eigenvalue weighted by molar-refractivity contribution is 0.0563. The molecule has 1 amide bonds. The van der Waals surface area contributed by atoms with E-state index in [1.165, 1.54) is 0 Å². The Bertz CT molecular complexity index is 416. The van der Waals surface area contributed by atoms with Gasteiger partial charge in [-0.3, -0.25) is 4.79 Å². The van der Waals surface area contributed by atoms with Crippen molar-refractivity contribution in [1.82, 2.24) is 5.32 Å². The Kier molecular flexibility index (Phi) is 3.03. The normalized spacial score (nSPS) is 23.6. The van der Waals surface area contributed by atoms with E-state index in [4.69, 9.17) is 22.4 Å². The van der Waals surface area contributed by atoms with E-state index in [-0.39, 0.29) is 18.1 Å². The average Bonchev–Trinajstić information content (AvgIpc) is 2.15. The maximum Gasteiger partial charge on any atom is 0.253 e. The number of aliphatic hydroxyl groups is 1. The molecule has 86 valence electrons. The molecule has 2 rings (SSSR count). The van der Waals surface area contributed by atoms with Crippen LogP contribution < -0.4 is 11.1 Å². The number of amides is 1. The molecule has 4 N–H and O–H groups in total. The Morgan fingerprint density at radius 3 is 2.75 bits per heavy atom. The zero-order chi connectivity index (χ0) is 11.7. The third kappa shape index (κ3) is 2.28. The fraction of sp³-hybridized carbons (Fsp3) is 0.364. The van der Waals surface area contributed by atoms with Gasteiger partial charge in [-0.1, -0.05) is 11.6 Å². The lowest BCUT2D eigenvalue weighted by Crippen LogP contribution is -2.46.